The minimum absolute atomic E-state index is 0.0607. The number of piperazine rings is 1. The van der Waals surface area contributed by atoms with E-state index < -0.39 is 0 Å². The Labute approximate surface area is 225 Å². The van der Waals surface area contributed by atoms with Crippen LogP contribution in [0.15, 0.2) is 36.4 Å². The lowest BCUT2D eigenvalue weighted by molar-refractivity contribution is -0.137. The highest BCUT2D eigenvalue weighted by Gasteiger charge is 2.40. The smallest absolute Gasteiger partial charge is 0.223 e. The minimum atomic E-state index is -0.279. The van der Waals surface area contributed by atoms with Crippen LogP contribution < -0.4 is 9.47 Å². The summed E-state index contributed by atoms with van der Waals surface area (Å²) in [5.41, 5.74) is 2.61. The molecule has 2 aliphatic heterocycles. The number of likely N-dealkylation sites (N-methyl/N-ethyl adjacent to an activating group) is 1. The summed E-state index contributed by atoms with van der Waals surface area (Å²) in [6.07, 6.45) is 2.42. The Kier molecular flexibility index (Phi) is 9.35. The van der Waals surface area contributed by atoms with Crippen molar-refractivity contribution in [3.63, 3.8) is 0 Å². The predicted octanol–water partition coefficient (Wildman–Crippen LogP) is 3.97. The van der Waals surface area contributed by atoms with Crippen LogP contribution in [0.1, 0.15) is 36.0 Å². The summed E-state index contributed by atoms with van der Waals surface area (Å²) in [5, 5.41) is 10.5. The second kappa shape index (κ2) is 12.5. The lowest BCUT2D eigenvalue weighted by atomic mass is 9.77. The van der Waals surface area contributed by atoms with Crippen molar-refractivity contribution >= 4 is 17.5 Å². The van der Waals surface area contributed by atoms with Crippen LogP contribution in [0.2, 0.25) is 5.02 Å². The largest absolute Gasteiger partial charge is 0.496 e. The molecule has 2 heterocycles. The van der Waals surface area contributed by atoms with E-state index in [0.29, 0.717) is 18.8 Å². The topological polar surface area (TPSA) is 65.5 Å². The second-order valence-corrected chi connectivity index (χ2v) is 11.1. The zero-order valence-corrected chi connectivity index (χ0v) is 23.1. The van der Waals surface area contributed by atoms with Gasteiger partial charge in [0.1, 0.15) is 11.5 Å². The number of halogens is 1. The molecular formula is C29H40ClN3O4. The van der Waals surface area contributed by atoms with E-state index in [1.165, 1.54) is 0 Å². The quantitative estimate of drug-likeness (QED) is 0.530. The third-order valence-corrected chi connectivity index (χ3v) is 8.14. The van der Waals surface area contributed by atoms with E-state index in [1.807, 2.05) is 42.2 Å². The number of benzene rings is 2. The molecule has 2 aromatic carbocycles. The lowest BCUT2D eigenvalue weighted by Gasteiger charge is -2.43. The van der Waals surface area contributed by atoms with Crippen LogP contribution in [0.4, 0.5) is 0 Å². The van der Waals surface area contributed by atoms with E-state index in [1.54, 1.807) is 7.11 Å². The number of carbonyl (C=O) groups excluding carboxylic acids is 1. The molecule has 1 amide bonds. The highest BCUT2D eigenvalue weighted by atomic mass is 35.5. The average Bonchev–Trinajstić information content (AvgIpc) is 2.90. The molecule has 0 aromatic heterocycles. The molecule has 1 unspecified atom stereocenters. The van der Waals surface area contributed by atoms with E-state index in [0.717, 1.165) is 86.1 Å². The van der Waals surface area contributed by atoms with Crippen LogP contribution in [0.5, 0.6) is 11.5 Å². The van der Waals surface area contributed by atoms with Gasteiger partial charge >= 0.3 is 0 Å². The first kappa shape index (κ1) is 27.7. The molecular weight excluding hydrogens is 490 g/mol. The zero-order chi connectivity index (χ0) is 26.4. The maximum atomic E-state index is 13.5. The number of amides is 1. The molecule has 1 atom stereocenters. The molecule has 8 heteroatoms. The number of likely N-dealkylation sites (tertiary alicyclic amines) is 1. The van der Waals surface area contributed by atoms with Gasteiger partial charge in [0.2, 0.25) is 5.91 Å². The molecule has 1 N–H and O–H groups in total. The number of aryl methyl sites for hydroxylation is 1. The summed E-state index contributed by atoms with van der Waals surface area (Å²) < 4.78 is 11.7. The van der Waals surface area contributed by atoms with Gasteiger partial charge < -0.3 is 24.4 Å². The van der Waals surface area contributed by atoms with Gasteiger partial charge in [-0.2, -0.15) is 0 Å². The van der Waals surface area contributed by atoms with Gasteiger partial charge in [0.05, 0.1) is 20.3 Å². The van der Waals surface area contributed by atoms with Gasteiger partial charge in [-0.3, -0.25) is 9.69 Å². The van der Waals surface area contributed by atoms with Gasteiger partial charge in [-0.1, -0.05) is 17.7 Å². The lowest BCUT2D eigenvalue weighted by Crippen LogP contribution is -2.52. The van der Waals surface area contributed by atoms with Crippen molar-refractivity contribution in [2.45, 2.75) is 39.3 Å². The van der Waals surface area contributed by atoms with E-state index in [-0.39, 0.29) is 17.9 Å². The van der Waals surface area contributed by atoms with E-state index in [9.17, 15) is 9.90 Å². The Balaban J connectivity index is 1.51. The molecule has 7 nitrogen and oxygen atoms in total. The van der Waals surface area contributed by atoms with Gasteiger partial charge in [-0.15, -0.1) is 0 Å². The Hall–Kier alpha value is -2.32. The molecule has 2 aliphatic rings. The van der Waals surface area contributed by atoms with Crippen LogP contribution >= 0.6 is 11.6 Å². The predicted molar refractivity (Wildman–Crippen MR) is 146 cm³/mol. The molecule has 2 fully saturated rings. The number of piperidine rings is 1. The molecule has 0 radical (unpaired) electrons. The summed E-state index contributed by atoms with van der Waals surface area (Å²) in [4.78, 5) is 20.2. The summed E-state index contributed by atoms with van der Waals surface area (Å²) in [5.74, 6) is 1.70. The molecule has 0 spiro atoms. The first-order chi connectivity index (χ1) is 17.8. The maximum absolute atomic E-state index is 13.5. The third-order valence-electron chi connectivity index (χ3n) is 7.72. The summed E-state index contributed by atoms with van der Waals surface area (Å²) >= 11 is 6.22. The summed E-state index contributed by atoms with van der Waals surface area (Å²) in [6.45, 7) is 8.27. The van der Waals surface area contributed by atoms with Crippen molar-refractivity contribution in [2.75, 3.05) is 60.0 Å². The Bertz CT molecular complexity index is 1070. The minimum Gasteiger partial charge on any atom is -0.496 e. The number of nitrogens with zero attached hydrogens (tertiary/aromatic N) is 3. The second-order valence-electron chi connectivity index (χ2n) is 10.7. The highest BCUT2D eigenvalue weighted by molar-refractivity contribution is 6.31. The zero-order valence-electron chi connectivity index (χ0n) is 22.3. The number of ether oxygens (including phenoxy) is 2. The van der Waals surface area contributed by atoms with Crippen LogP contribution in [-0.4, -0.2) is 85.7 Å². The third kappa shape index (κ3) is 7.17. The number of carbonyl (C=O) groups is 1. The first-order valence-electron chi connectivity index (χ1n) is 13.1. The fourth-order valence-corrected chi connectivity index (χ4v) is 5.62. The average molecular weight is 530 g/mol. The molecule has 202 valence electrons. The molecule has 0 saturated carbocycles. The number of aliphatic hydroxyl groups is 1. The number of hydrogen-bond acceptors (Lipinski definition) is 6. The number of hydrogen-bond donors (Lipinski definition) is 1. The Morgan fingerprint density at radius 2 is 1.89 bits per heavy atom. The van der Waals surface area contributed by atoms with Crippen molar-refractivity contribution in [3.8, 4) is 11.5 Å². The summed E-state index contributed by atoms with van der Waals surface area (Å²) in [6, 6.07) is 11.7. The monoisotopic (exact) mass is 529 g/mol. The van der Waals surface area contributed by atoms with Crippen LogP contribution in [-0.2, 0) is 17.9 Å². The van der Waals surface area contributed by atoms with Crippen molar-refractivity contribution < 1.29 is 19.4 Å². The summed E-state index contributed by atoms with van der Waals surface area (Å²) in [7, 11) is 3.72. The van der Waals surface area contributed by atoms with Crippen LogP contribution in [0.3, 0.4) is 0 Å². The van der Waals surface area contributed by atoms with Crippen molar-refractivity contribution in [3.05, 3.63) is 58.1 Å². The molecule has 4 rings (SSSR count). The van der Waals surface area contributed by atoms with Gasteiger partial charge in [-0.25, -0.2) is 0 Å². The molecule has 2 saturated heterocycles. The Morgan fingerprint density at radius 1 is 1.11 bits per heavy atom. The van der Waals surface area contributed by atoms with E-state index in [2.05, 4.69) is 22.9 Å². The van der Waals surface area contributed by atoms with Crippen molar-refractivity contribution in [1.82, 2.24) is 14.7 Å². The number of methoxy groups -OCH3 is 1. The van der Waals surface area contributed by atoms with Gasteiger partial charge in [0, 0.05) is 61.7 Å². The van der Waals surface area contributed by atoms with E-state index in [4.69, 9.17) is 21.1 Å². The highest BCUT2D eigenvalue weighted by Crippen LogP contribution is 2.36. The number of aliphatic hydroxyl groups excluding tert-OH is 1. The SMILES string of the molecule is COc1ccc(CN2CCCC(COc3ccc(Cl)c(C)c3)(CC(=O)N3CCN(C)CC3)C2)cc1CO. The standard InChI is InChI=1S/C29H40ClN3O4/c1-22-15-25(6-7-26(22)30)37-21-29(17-28(35)33-13-11-31(2)12-14-33)9-4-10-32(20-29)18-23-5-8-27(36-3)24(16-23)19-34/h5-8,15-16,34H,4,9-14,17-21H2,1-3H3. The van der Waals surface area contributed by atoms with Gasteiger partial charge in [0.15, 0.2) is 0 Å². The molecule has 0 bridgehead atoms. The van der Waals surface area contributed by atoms with Crippen molar-refractivity contribution in [1.29, 1.82) is 0 Å². The van der Waals surface area contributed by atoms with Crippen LogP contribution in [0, 0.1) is 12.3 Å². The van der Waals surface area contributed by atoms with Gasteiger partial charge in [0.25, 0.3) is 0 Å². The first-order valence-corrected chi connectivity index (χ1v) is 13.5. The van der Waals surface area contributed by atoms with Crippen molar-refractivity contribution in [2.24, 2.45) is 5.41 Å². The maximum Gasteiger partial charge on any atom is 0.223 e. The Morgan fingerprint density at radius 3 is 2.59 bits per heavy atom. The normalized spacial score (nSPS) is 21.2. The molecule has 0 aliphatic carbocycles. The van der Waals surface area contributed by atoms with Crippen LogP contribution in [0.25, 0.3) is 0 Å². The van der Waals surface area contributed by atoms with Gasteiger partial charge in [-0.05, 0) is 74.8 Å². The van der Waals surface area contributed by atoms with E-state index >= 15 is 0 Å². The fraction of sp³-hybridized carbons (Fsp3) is 0.552. The number of rotatable bonds is 9. The molecule has 2 aromatic rings. The fourth-order valence-electron chi connectivity index (χ4n) is 5.50. The molecule has 37 heavy (non-hydrogen) atoms.